The summed E-state index contributed by atoms with van der Waals surface area (Å²) >= 11 is 0. The van der Waals surface area contributed by atoms with Crippen LogP contribution in [0, 0.1) is 5.92 Å². The maximum atomic E-state index is 11.1. The zero-order valence-electron chi connectivity index (χ0n) is 9.90. The lowest BCUT2D eigenvalue weighted by atomic mass is 10.2. The summed E-state index contributed by atoms with van der Waals surface area (Å²) in [6.07, 6.45) is -1.76. The standard InChI is InChI=1S/C10H17NO5/c1-6(2)9(13)15-8(4)16-10(14)11-5-7(3)12/h6,8H,5H2,1-4H3,(H,11,14). The second kappa shape index (κ2) is 6.81. The maximum absolute atomic E-state index is 11.1. The van der Waals surface area contributed by atoms with Crippen LogP contribution in [0.2, 0.25) is 0 Å². The Hall–Kier alpha value is -1.59. The number of ether oxygens (including phenoxy) is 2. The van der Waals surface area contributed by atoms with Gasteiger partial charge in [0.25, 0.3) is 0 Å². The summed E-state index contributed by atoms with van der Waals surface area (Å²) in [5, 5.41) is 2.21. The molecular weight excluding hydrogens is 214 g/mol. The van der Waals surface area contributed by atoms with Crippen molar-refractivity contribution in [3.63, 3.8) is 0 Å². The van der Waals surface area contributed by atoms with Gasteiger partial charge in [0.15, 0.2) is 0 Å². The van der Waals surface area contributed by atoms with Gasteiger partial charge >= 0.3 is 12.1 Å². The third kappa shape index (κ3) is 6.80. The van der Waals surface area contributed by atoms with Gasteiger partial charge in [-0.1, -0.05) is 13.8 Å². The first-order valence-electron chi connectivity index (χ1n) is 4.97. The van der Waals surface area contributed by atoms with Crippen LogP contribution >= 0.6 is 0 Å². The van der Waals surface area contributed by atoms with E-state index in [4.69, 9.17) is 4.74 Å². The second-order valence-electron chi connectivity index (χ2n) is 3.62. The molecule has 0 aliphatic heterocycles. The Morgan fingerprint density at radius 2 is 1.69 bits per heavy atom. The topological polar surface area (TPSA) is 81.7 Å². The Bertz CT molecular complexity index is 274. The van der Waals surface area contributed by atoms with Crippen LogP contribution in [0.4, 0.5) is 4.79 Å². The number of ketones is 1. The lowest BCUT2D eigenvalue weighted by Gasteiger charge is -2.15. The van der Waals surface area contributed by atoms with Gasteiger partial charge in [-0.25, -0.2) is 4.79 Å². The van der Waals surface area contributed by atoms with Crippen LogP contribution in [0.25, 0.3) is 0 Å². The first-order chi connectivity index (χ1) is 7.32. The summed E-state index contributed by atoms with van der Waals surface area (Å²) in [7, 11) is 0. The Labute approximate surface area is 94.3 Å². The Kier molecular flexibility index (Phi) is 6.14. The number of esters is 1. The highest BCUT2D eigenvalue weighted by Gasteiger charge is 2.16. The van der Waals surface area contributed by atoms with Crippen LogP contribution in [0.15, 0.2) is 0 Å². The molecule has 1 atom stereocenters. The number of Topliss-reactive ketones (excluding diaryl/α,β-unsaturated/α-hetero) is 1. The zero-order chi connectivity index (χ0) is 12.7. The highest BCUT2D eigenvalue weighted by molar-refractivity contribution is 5.81. The summed E-state index contributed by atoms with van der Waals surface area (Å²) in [5.74, 6) is -0.929. The lowest BCUT2D eigenvalue weighted by molar-refractivity contribution is -0.168. The Balaban J connectivity index is 3.86. The molecule has 0 radical (unpaired) electrons. The summed E-state index contributed by atoms with van der Waals surface area (Å²) < 4.78 is 9.46. The van der Waals surface area contributed by atoms with Gasteiger partial charge < -0.3 is 14.8 Å². The lowest BCUT2D eigenvalue weighted by Crippen LogP contribution is -2.33. The van der Waals surface area contributed by atoms with E-state index >= 15 is 0 Å². The minimum absolute atomic E-state index is 0.107. The number of carbonyl (C=O) groups is 3. The van der Waals surface area contributed by atoms with Gasteiger partial charge in [-0.15, -0.1) is 0 Å². The molecule has 0 aromatic carbocycles. The van der Waals surface area contributed by atoms with Crippen LogP contribution < -0.4 is 5.32 Å². The summed E-state index contributed by atoms with van der Waals surface area (Å²) in [5.41, 5.74) is 0. The quantitative estimate of drug-likeness (QED) is 0.560. The van der Waals surface area contributed by atoms with E-state index in [1.54, 1.807) is 13.8 Å². The van der Waals surface area contributed by atoms with Crippen LogP contribution in [0.3, 0.4) is 0 Å². The van der Waals surface area contributed by atoms with Gasteiger partial charge in [0, 0.05) is 6.92 Å². The molecule has 0 fully saturated rings. The Morgan fingerprint density at radius 3 is 2.12 bits per heavy atom. The van der Waals surface area contributed by atoms with Crippen molar-refractivity contribution in [2.75, 3.05) is 6.54 Å². The number of carbonyl (C=O) groups excluding carboxylic acids is 3. The van der Waals surface area contributed by atoms with Crippen molar-refractivity contribution in [2.24, 2.45) is 5.92 Å². The Morgan fingerprint density at radius 1 is 1.12 bits per heavy atom. The van der Waals surface area contributed by atoms with E-state index in [9.17, 15) is 14.4 Å². The number of alkyl carbamates (subject to hydrolysis) is 1. The first-order valence-corrected chi connectivity index (χ1v) is 4.97. The highest BCUT2D eigenvalue weighted by Crippen LogP contribution is 2.01. The fourth-order valence-electron chi connectivity index (χ4n) is 0.713. The first kappa shape index (κ1) is 14.4. The van der Waals surface area contributed by atoms with Crippen LogP contribution in [-0.4, -0.2) is 30.7 Å². The molecule has 0 spiro atoms. The monoisotopic (exact) mass is 231 g/mol. The highest BCUT2D eigenvalue weighted by atomic mass is 16.7. The maximum Gasteiger partial charge on any atom is 0.410 e. The molecule has 0 aromatic heterocycles. The van der Waals surface area contributed by atoms with Gasteiger partial charge in [-0.2, -0.15) is 0 Å². The van der Waals surface area contributed by atoms with E-state index < -0.39 is 18.4 Å². The molecule has 0 heterocycles. The van der Waals surface area contributed by atoms with E-state index in [-0.39, 0.29) is 18.2 Å². The van der Waals surface area contributed by atoms with Crippen LogP contribution in [-0.2, 0) is 19.1 Å². The van der Waals surface area contributed by atoms with Crippen LogP contribution in [0.1, 0.15) is 27.7 Å². The van der Waals surface area contributed by atoms with Gasteiger partial charge in [-0.05, 0) is 6.92 Å². The van der Waals surface area contributed by atoms with Crippen molar-refractivity contribution < 1.29 is 23.9 Å². The van der Waals surface area contributed by atoms with E-state index in [1.165, 1.54) is 13.8 Å². The predicted octanol–water partition coefficient (Wildman–Crippen LogP) is 0.847. The smallest absolute Gasteiger partial charge is 0.410 e. The molecule has 0 aliphatic rings. The molecule has 0 aliphatic carbocycles. The minimum Gasteiger partial charge on any atom is -0.425 e. The molecule has 0 rings (SSSR count). The van der Waals surface area contributed by atoms with Crippen molar-refractivity contribution >= 4 is 17.8 Å². The van der Waals surface area contributed by atoms with Crippen molar-refractivity contribution in [3.05, 3.63) is 0 Å². The van der Waals surface area contributed by atoms with Gasteiger partial charge in [0.1, 0.15) is 5.78 Å². The SMILES string of the molecule is CC(=O)CNC(=O)OC(C)OC(=O)C(C)C. The zero-order valence-corrected chi connectivity index (χ0v) is 9.90. The van der Waals surface area contributed by atoms with Crippen molar-refractivity contribution in [2.45, 2.75) is 34.0 Å². The average Bonchev–Trinajstić information content (AvgIpc) is 2.14. The number of hydrogen-bond acceptors (Lipinski definition) is 5. The number of hydrogen-bond donors (Lipinski definition) is 1. The number of amides is 1. The molecule has 1 unspecified atom stereocenters. The van der Waals surface area contributed by atoms with E-state index in [1.807, 2.05) is 0 Å². The molecule has 1 N–H and O–H groups in total. The molecule has 1 amide bonds. The van der Waals surface area contributed by atoms with Crippen molar-refractivity contribution in [3.8, 4) is 0 Å². The van der Waals surface area contributed by atoms with E-state index in [0.29, 0.717) is 0 Å². The van der Waals surface area contributed by atoms with E-state index in [0.717, 1.165) is 0 Å². The summed E-state index contributed by atoms with van der Waals surface area (Å²) in [6.45, 7) is 6.00. The van der Waals surface area contributed by atoms with Gasteiger partial charge in [0.2, 0.25) is 6.29 Å². The fourth-order valence-corrected chi connectivity index (χ4v) is 0.713. The predicted molar refractivity (Wildman–Crippen MR) is 55.6 cm³/mol. The molecule has 0 aromatic rings. The largest absolute Gasteiger partial charge is 0.425 e. The molecular formula is C10H17NO5. The fraction of sp³-hybridized carbons (Fsp3) is 0.700. The third-order valence-electron chi connectivity index (χ3n) is 1.51. The molecule has 92 valence electrons. The normalized spacial score (nSPS) is 11.8. The second-order valence-corrected chi connectivity index (χ2v) is 3.62. The summed E-state index contributed by atoms with van der Waals surface area (Å²) in [4.78, 5) is 32.7. The van der Waals surface area contributed by atoms with Crippen LogP contribution in [0.5, 0.6) is 0 Å². The molecule has 6 heteroatoms. The molecule has 0 saturated carbocycles. The minimum atomic E-state index is -0.971. The van der Waals surface area contributed by atoms with Crippen molar-refractivity contribution in [1.29, 1.82) is 0 Å². The average molecular weight is 231 g/mol. The molecule has 6 nitrogen and oxygen atoms in total. The number of rotatable bonds is 5. The molecule has 0 saturated heterocycles. The molecule has 0 bridgehead atoms. The van der Waals surface area contributed by atoms with Crippen molar-refractivity contribution in [1.82, 2.24) is 5.32 Å². The molecule has 16 heavy (non-hydrogen) atoms. The third-order valence-corrected chi connectivity index (χ3v) is 1.51. The summed E-state index contributed by atoms with van der Waals surface area (Å²) in [6, 6.07) is 0. The van der Waals surface area contributed by atoms with Gasteiger partial charge in [0.05, 0.1) is 12.5 Å². The number of nitrogens with one attached hydrogen (secondary N) is 1. The van der Waals surface area contributed by atoms with E-state index in [2.05, 4.69) is 10.1 Å². The van der Waals surface area contributed by atoms with Gasteiger partial charge in [-0.3, -0.25) is 9.59 Å².